The van der Waals surface area contributed by atoms with Crippen LogP contribution < -0.4 is 5.32 Å². The Morgan fingerprint density at radius 3 is 1.75 bits per heavy atom. The highest BCUT2D eigenvalue weighted by Crippen LogP contribution is 2.10. The third kappa shape index (κ3) is 7.24. The maximum atomic E-state index is 3.48. The molecule has 0 heterocycles. The summed E-state index contributed by atoms with van der Waals surface area (Å²) in [6, 6.07) is 0.699. The van der Waals surface area contributed by atoms with E-state index in [2.05, 4.69) is 51.8 Å². The first kappa shape index (κ1) is 15.9. The summed E-state index contributed by atoms with van der Waals surface area (Å²) in [5.74, 6) is 1.52. The molecule has 2 heteroatoms. The van der Waals surface area contributed by atoms with Gasteiger partial charge in [0.25, 0.3) is 0 Å². The summed E-state index contributed by atoms with van der Waals surface area (Å²) in [5.41, 5.74) is 0. The summed E-state index contributed by atoms with van der Waals surface area (Å²) in [7, 11) is 0. The largest absolute Gasteiger partial charge is 0.315 e. The second kappa shape index (κ2) is 9.00. The van der Waals surface area contributed by atoms with Gasteiger partial charge in [0.1, 0.15) is 0 Å². The van der Waals surface area contributed by atoms with Gasteiger partial charge in [-0.25, -0.2) is 0 Å². The molecule has 0 bridgehead atoms. The SMILES string of the molecule is CCNCC(CC)N(CC(C)C)CC(C)C. The minimum Gasteiger partial charge on any atom is -0.315 e. The van der Waals surface area contributed by atoms with Crippen molar-refractivity contribution in [1.29, 1.82) is 0 Å². The highest BCUT2D eigenvalue weighted by molar-refractivity contribution is 4.74. The van der Waals surface area contributed by atoms with E-state index in [1.54, 1.807) is 0 Å². The molecule has 0 saturated heterocycles. The lowest BCUT2D eigenvalue weighted by atomic mass is 10.1. The number of hydrogen-bond donors (Lipinski definition) is 1. The Morgan fingerprint density at radius 1 is 0.938 bits per heavy atom. The lowest BCUT2D eigenvalue weighted by Crippen LogP contribution is -2.45. The summed E-state index contributed by atoms with van der Waals surface area (Å²) < 4.78 is 0. The number of hydrogen-bond acceptors (Lipinski definition) is 2. The van der Waals surface area contributed by atoms with Gasteiger partial charge in [-0.15, -0.1) is 0 Å². The zero-order valence-corrected chi connectivity index (χ0v) is 12.2. The van der Waals surface area contributed by atoms with Gasteiger partial charge in [-0.2, -0.15) is 0 Å². The molecule has 0 aromatic carbocycles. The molecular formula is C14H32N2. The summed E-state index contributed by atoms with van der Waals surface area (Å²) >= 11 is 0. The summed E-state index contributed by atoms with van der Waals surface area (Å²) in [5, 5.41) is 3.48. The molecule has 0 aromatic rings. The van der Waals surface area contributed by atoms with Crippen molar-refractivity contribution in [1.82, 2.24) is 10.2 Å². The first-order valence-electron chi connectivity index (χ1n) is 6.95. The molecule has 0 aliphatic rings. The highest BCUT2D eigenvalue weighted by atomic mass is 15.2. The zero-order valence-electron chi connectivity index (χ0n) is 12.2. The summed E-state index contributed by atoms with van der Waals surface area (Å²) in [6.45, 7) is 18.4. The molecule has 2 nitrogen and oxygen atoms in total. The molecule has 0 rings (SSSR count). The third-order valence-corrected chi connectivity index (χ3v) is 2.82. The van der Waals surface area contributed by atoms with Crippen molar-refractivity contribution in [3.63, 3.8) is 0 Å². The minimum atomic E-state index is 0.699. The molecule has 0 saturated carbocycles. The first-order valence-corrected chi connectivity index (χ1v) is 6.95. The molecule has 0 aliphatic carbocycles. The van der Waals surface area contributed by atoms with Gasteiger partial charge >= 0.3 is 0 Å². The van der Waals surface area contributed by atoms with E-state index in [4.69, 9.17) is 0 Å². The lowest BCUT2D eigenvalue weighted by Gasteiger charge is -2.34. The number of likely N-dealkylation sites (N-methyl/N-ethyl adjacent to an activating group) is 1. The molecule has 0 aromatic heterocycles. The monoisotopic (exact) mass is 228 g/mol. The Kier molecular flexibility index (Phi) is 8.96. The highest BCUT2D eigenvalue weighted by Gasteiger charge is 2.18. The fraction of sp³-hybridized carbons (Fsp3) is 1.00. The van der Waals surface area contributed by atoms with Crippen molar-refractivity contribution in [2.24, 2.45) is 11.8 Å². The van der Waals surface area contributed by atoms with E-state index < -0.39 is 0 Å². The van der Waals surface area contributed by atoms with Crippen molar-refractivity contribution in [3.8, 4) is 0 Å². The normalized spacial score (nSPS) is 14.1. The predicted octanol–water partition coefficient (Wildman–Crippen LogP) is 2.99. The van der Waals surface area contributed by atoms with E-state index in [1.807, 2.05) is 0 Å². The average Bonchev–Trinajstić information content (AvgIpc) is 2.16. The van der Waals surface area contributed by atoms with Gasteiger partial charge in [0.15, 0.2) is 0 Å². The van der Waals surface area contributed by atoms with E-state index in [9.17, 15) is 0 Å². The number of nitrogens with zero attached hydrogens (tertiary/aromatic N) is 1. The van der Waals surface area contributed by atoms with Gasteiger partial charge in [0, 0.05) is 25.7 Å². The van der Waals surface area contributed by atoms with Crippen molar-refractivity contribution in [2.45, 2.75) is 54.0 Å². The van der Waals surface area contributed by atoms with Crippen LogP contribution in [0.15, 0.2) is 0 Å². The molecule has 0 aliphatic heterocycles. The van der Waals surface area contributed by atoms with Crippen LogP contribution in [-0.4, -0.2) is 37.1 Å². The van der Waals surface area contributed by atoms with E-state index in [0.29, 0.717) is 6.04 Å². The Bertz CT molecular complexity index is 145. The molecule has 0 fully saturated rings. The van der Waals surface area contributed by atoms with Gasteiger partial charge in [-0.05, 0) is 24.8 Å². The van der Waals surface area contributed by atoms with Crippen molar-refractivity contribution in [3.05, 3.63) is 0 Å². The molecule has 0 radical (unpaired) electrons. The lowest BCUT2D eigenvalue weighted by molar-refractivity contribution is 0.149. The summed E-state index contributed by atoms with van der Waals surface area (Å²) in [4.78, 5) is 2.66. The maximum absolute atomic E-state index is 3.48. The van der Waals surface area contributed by atoms with Gasteiger partial charge in [-0.1, -0.05) is 41.5 Å². The predicted molar refractivity (Wildman–Crippen MR) is 73.9 cm³/mol. The van der Waals surface area contributed by atoms with E-state index in [-0.39, 0.29) is 0 Å². The second-order valence-corrected chi connectivity index (χ2v) is 5.61. The topological polar surface area (TPSA) is 15.3 Å². The van der Waals surface area contributed by atoms with Gasteiger partial charge in [0.05, 0.1) is 0 Å². The third-order valence-electron chi connectivity index (χ3n) is 2.82. The zero-order chi connectivity index (χ0) is 12.6. The number of rotatable bonds is 9. The Balaban J connectivity index is 4.29. The van der Waals surface area contributed by atoms with Crippen LogP contribution in [0.5, 0.6) is 0 Å². The molecule has 0 amide bonds. The van der Waals surface area contributed by atoms with E-state index in [0.717, 1.165) is 24.9 Å². The maximum Gasteiger partial charge on any atom is 0.0218 e. The van der Waals surface area contributed by atoms with Crippen molar-refractivity contribution >= 4 is 0 Å². The van der Waals surface area contributed by atoms with Crippen molar-refractivity contribution < 1.29 is 0 Å². The molecule has 0 spiro atoms. The van der Waals surface area contributed by atoms with Crippen LogP contribution in [-0.2, 0) is 0 Å². The quantitative estimate of drug-likeness (QED) is 0.652. The van der Waals surface area contributed by atoms with Crippen molar-refractivity contribution in [2.75, 3.05) is 26.2 Å². The van der Waals surface area contributed by atoms with E-state index >= 15 is 0 Å². The van der Waals surface area contributed by atoms with Crippen LogP contribution in [0.1, 0.15) is 48.0 Å². The second-order valence-electron chi connectivity index (χ2n) is 5.61. The van der Waals surface area contributed by atoms with Crippen LogP contribution in [0, 0.1) is 11.8 Å². The van der Waals surface area contributed by atoms with Crippen LogP contribution >= 0.6 is 0 Å². The molecular weight excluding hydrogens is 196 g/mol. The van der Waals surface area contributed by atoms with Gasteiger partial charge in [0.2, 0.25) is 0 Å². The smallest absolute Gasteiger partial charge is 0.0218 e. The molecule has 98 valence electrons. The Hall–Kier alpha value is -0.0800. The van der Waals surface area contributed by atoms with Crippen LogP contribution in [0.4, 0.5) is 0 Å². The van der Waals surface area contributed by atoms with Gasteiger partial charge in [-0.3, -0.25) is 4.90 Å². The fourth-order valence-corrected chi connectivity index (χ4v) is 2.15. The van der Waals surface area contributed by atoms with E-state index in [1.165, 1.54) is 19.5 Å². The minimum absolute atomic E-state index is 0.699. The first-order chi connectivity index (χ1) is 7.51. The molecule has 16 heavy (non-hydrogen) atoms. The molecule has 1 unspecified atom stereocenters. The van der Waals surface area contributed by atoms with Crippen LogP contribution in [0.2, 0.25) is 0 Å². The Morgan fingerprint density at radius 2 is 1.44 bits per heavy atom. The molecule has 1 atom stereocenters. The summed E-state index contributed by atoms with van der Waals surface area (Å²) in [6.07, 6.45) is 1.24. The average molecular weight is 228 g/mol. The molecule has 1 N–H and O–H groups in total. The fourth-order valence-electron chi connectivity index (χ4n) is 2.15. The Labute approximate surface area is 103 Å². The van der Waals surface area contributed by atoms with Gasteiger partial charge < -0.3 is 5.32 Å². The number of nitrogens with one attached hydrogen (secondary N) is 1. The standard InChI is InChI=1S/C14H32N2/c1-7-14(9-15-8-2)16(10-12(3)4)11-13(5)6/h12-15H,7-11H2,1-6H3. The van der Waals surface area contributed by atoms with Crippen LogP contribution in [0.3, 0.4) is 0 Å². The van der Waals surface area contributed by atoms with Crippen LogP contribution in [0.25, 0.3) is 0 Å².